The highest BCUT2D eigenvalue weighted by atomic mass is 16.7. The zero-order valence-corrected chi connectivity index (χ0v) is 34.9. The van der Waals surface area contributed by atoms with Crippen molar-refractivity contribution in [2.45, 2.75) is 174 Å². The molecule has 0 amide bonds. The summed E-state index contributed by atoms with van der Waals surface area (Å²) in [7, 11) is 2.70. The molecule has 0 spiro atoms. The number of methoxy groups -OCH3 is 2. The van der Waals surface area contributed by atoms with E-state index < -0.39 is 78.2 Å². The van der Waals surface area contributed by atoms with Crippen LogP contribution in [-0.2, 0) is 38.0 Å². The molecule has 0 aromatic carbocycles. The number of allylic oxidation sites excluding steroid dienone is 2. The van der Waals surface area contributed by atoms with Gasteiger partial charge in [-0.25, -0.2) is 4.79 Å². The zero-order chi connectivity index (χ0) is 41.0. The maximum Gasteiger partial charge on any atom is 0.337 e. The molecule has 0 radical (unpaired) electrons. The van der Waals surface area contributed by atoms with Gasteiger partial charge in [-0.2, -0.15) is 0 Å². The summed E-state index contributed by atoms with van der Waals surface area (Å²) in [5.74, 6) is -0.109. The van der Waals surface area contributed by atoms with Gasteiger partial charge in [0.05, 0.1) is 32.3 Å². The topological polar surface area (TPSA) is 191 Å². The molecule has 13 nitrogen and oxygen atoms in total. The second-order valence-electron chi connectivity index (χ2n) is 20.6. The largest absolute Gasteiger partial charge is 0.469 e. The number of rotatable bonds is 6. The Bertz CT molecular complexity index is 1550. The van der Waals surface area contributed by atoms with Crippen molar-refractivity contribution in [2.75, 3.05) is 20.8 Å². The first-order chi connectivity index (χ1) is 26.1. The summed E-state index contributed by atoms with van der Waals surface area (Å²) >= 11 is 0. The van der Waals surface area contributed by atoms with E-state index in [1.54, 1.807) is 7.11 Å². The summed E-state index contributed by atoms with van der Waals surface area (Å²) in [6.45, 7) is 16.3. The molecule has 17 atom stereocenters. The summed E-state index contributed by atoms with van der Waals surface area (Å²) in [5.41, 5.74) is 0.715. The number of aliphatic hydroxyl groups is 5. The fourth-order valence-electron chi connectivity index (χ4n) is 13.7. The Balaban J connectivity index is 1.14. The number of fused-ring (bicyclic) bond motifs is 7. The van der Waals surface area contributed by atoms with Gasteiger partial charge in [0.25, 0.3) is 0 Å². The van der Waals surface area contributed by atoms with Gasteiger partial charge in [0, 0.05) is 0 Å². The lowest BCUT2D eigenvalue weighted by Gasteiger charge is -2.71. The van der Waals surface area contributed by atoms with Gasteiger partial charge in [-0.05, 0) is 109 Å². The van der Waals surface area contributed by atoms with Gasteiger partial charge in [-0.3, -0.25) is 4.79 Å². The Morgan fingerprint density at radius 1 is 0.750 bits per heavy atom. The third kappa shape index (κ3) is 6.26. The quantitative estimate of drug-likeness (QED) is 0.149. The van der Waals surface area contributed by atoms with E-state index in [-0.39, 0.29) is 46.1 Å². The Labute approximate surface area is 331 Å². The molecule has 0 aromatic heterocycles. The van der Waals surface area contributed by atoms with Crippen LogP contribution in [0.4, 0.5) is 0 Å². The van der Waals surface area contributed by atoms with Gasteiger partial charge in [-0.15, -0.1) is 0 Å². The number of carbonyl (C=O) groups excluding carboxylic acids is 2. The lowest BCUT2D eigenvalue weighted by Crippen LogP contribution is -2.67. The van der Waals surface area contributed by atoms with E-state index >= 15 is 0 Å². The Kier molecular flexibility index (Phi) is 11.0. The molecule has 6 fully saturated rings. The first-order valence-electron chi connectivity index (χ1n) is 21.0. The summed E-state index contributed by atoms with van der Waals surface area (Å²) in [5, 5.41) is 53.5. The smallest absolute Gasteiger partial charge is 0.337 e. The van der Waals surface area contributed by atoms with Crippen molar-refractivity contribution in [3.05, 3.63) is 11.6 Å². The lowest BCUT2D eigenvalue weighted by molar-refractivity contribution is -0.357. The molecule has 2 heterocycles. The molecule has 7 rings (SSSR count). The number of hydrogen-bond donors (Lipinski definition) is 5. The highest BCUT2D eigenvalue weighted by molar-refractivity contribution is 5.78. The van der Waals surface area contributed by atoms with Crippen molar-refractivity contribution in [3.8, 4) is 0 Å². The van der Waals surface area contributed by atoms with Crippen molar-refractivity contribution in [1.29, 1.82) is 0 Å². The summed E-state index contributed by atoms with van der Waals surface area (Å²) in [6, 6.07) is 0. The van der Waals surface area contributed by atoms with Gasteiger partial charge >= 0.3 is 11.9 Å². The average Bonchev–Trinajstić information content (AvgIpc) is 3.14. The van der Waals surface area contributed by atoms with E-state index in [1.807, 2.05) is 0 Å². The van der Waals surface area contributed by atoms with Gasteiger partial charge in [0.2, 0.25) is 0 Å². The van der Waals surface area contributed by atoms with Crippen molar-refractivity contribution >= 4 is 11.9 Å². The van der Waals surface area contributed by atoms with Gasteiger partial charge in [0.15, 0.2) is 18.7 Å². The van der Waals surface area contributed by atoms with Crippen LogP contribution in [0.5, 0.6) is 0 Å². The van der Waals surface area contributed by atoms with Crippen LogP contribution in [0.1, 0.15) is 113 Å². The molecule has 5 N–H and O–H groups in total. The van der Waals surface area contributed by atoms with E-state index in [4.69, 9.17) is 28.4 Å². The molecule has 318 valence electrons. The van der Waals surface area contributed by atoms with E-state index in [1.165, 1.54) is 5.57 Å². The van der Waals surface area contributed by atoms with Crippen LogP contribution in [0, 0.1) is 50.2 Å². The summed E-state index contributed by atoms with van der Waals surface area (Å²) in [4.78, 5) is 26.5. The van der Waals surface area contributed by atoms with Crippen LogP contribution >= 0.6 is 0 Å². The molecule has 0 aromatic rings. The predicted molar refractivity (Wildman–Crippen MR) is 201 cm³/mol. The minimum Gasteiger partial charge on any atom is -0.469 e. The number of aliphatic hydroxyl groups excluding tert-OH is 5. The van der Waals surface area contributed by atoms with Gasteiger partial charge in [0.1, 0.15) is 36.6 Å². The fraction of sp³-hybridized carbons (Fsp3) is 0.907. The number of carbonyl (C=O) groups is 2. The van der Waals surface area contributed by atoms with E-state index in [9.17, 15) is 35.1 Å². The summed E-state index contributed by atoms with van der Waals surface area (Å²) < 4.78 is 34.3. The van der Waals surface area contributed by atoms with Crippen molar-refractivity contribution < 1.29 is 63.5 Å². The normalized spacial score (nSPS) is 50.9. The molecule has 2 aliphatic heterocycles. The maximum atomic E-state index is 13.6. The maximum absolute atomic E-state index is 13.6. The summed E-state index contributed by atoms with van der Waals surface area (Å²) in [6.07, 6.45) is -2.62. The minimum atomic E-state index is -1.72. The number of ether oxygens (including phenoxy) is 6. The van der Waals surface area contributed by atoms with E-state index in [0.29, 0.717) is 12.3 Å². The Morgan fingerprint density at radius 2 is 1.45 bits per heavy atom. The van der Waals surface area contributed by atoms with Gasteiger partial charge < -0.3 is 54.0 Å². The molecule has 2 saturated heterocycles. The predicted octanol–water partition coefficient (Wildman–Crippen LogP) is 3.79. The van der Waals surface area contributed by atoms with Crippen LogP contribution in [-0.4, -0.2) is 120 Å². The van der Waals surface area contributed by atoms with Crippen LogP contribution < -0.4 is 0 Å². The molecule has 56 heavy (non-hydrogen) atoms. The van der Waals surface area contributed by atoms with Crippen LogP contribution in [0.3, 0.4) is 0 Å². The standard InChI is InChI=1S/C43H68O13/c1-38(2)16-18-43(37(50)52-9)19-17-41(6)22(23(43)20-38)10-11-26-40(5)14-13-27(39(3,4)25(40)12-15-42(26,41)7)54-36-31(48)32(30(47)33(56-36)34(49)51-8)55-35-29(46)28(45)24(44)21-53-35/h10,23-33,35-36,44-48H,11-21H2,1-9H3/t23-,24-,25?,26+,27-,28-,29+,30-,31+,32-,33-,35-,36+,40-,41+,42+,43-/m0/s1. The van der Waals surface area contributed by atoms with E-state index in [2.05, 4.69) is 54.5 Å². The van der Waals surface area contributed by atoms with Crippen LogP contribution in [0.25, 0.3) is 0 Å². The third-order valence-electron chi connectivity index (χ3n) is 17.2. The highest BCUT2D eigenvalue weighted by Crippen LogP contribution is 2.76. The minimum absolute atomic E-state index is 0.0163. The second-order valence-corrected chi connectivity index (χ2v) is 20.6. The van der Waals surface area contributed by atoms with Crippen molar-refractivity contribution in [1.82, 2.24) is 0 Å². The molecule has 7 aliphatic rings. The molecule has 4 saturated carbocycles. The number of hydrogen-bond acceptors (Lipinski definition) is 13. The second kappa shape index (κ2) is 14.5. The first kappa shape index (κ1) is 42.4. The monoisotopic (exact) mass is 792 g/mol. The van der Waals surface area contributed by atoms with Crippen LogP contribution in [0.15, 0.2) is 11.6 Å². The molecular formula is C43H68O13. The SMILES string of the molecule is COC(=O)[C@H]1O[C@@H](O[C@H]2CC[C@@]3(C)C(CC[C@]4(C)[C@@H]3CC=C3[C@@H]5CC(C)(C)CC[C@]5(C(=O)OC)CC[C@]34C)C2(C)C)[C@H](O)[C@@H](O[C@@H]2OC[C@H](O)[C@H](O)[C@H]2O)[C@@H]1O. The first-order valence-corrected chi connectivity index (χ1v) is 21.0. The highest BCUT2D eigenvalue weighted by Gasteiger charge is 2.70. The van der Waals surface area contributed by atoms with Gasteiger partial charge in [-0.1, -0.05) is 60.1 Å². The number of esters is 2. The molecule has 5 aliphatic carbocycles. The van der Waals surface area contributed by atoms with Crippen molar-refractivity contribution in [3.63, 3.8) is 0 Å². The third-order valence-corrected chi connectivity index (χ3v) is 17.2. The zero-order valence-electron chi connectivity index (χ0n) is 34.9. The van der Waals surface area contributed by atoms with Crippen LogP contribution in [0.2, 0.25) is 0 Å². The fourth-order valence-corrected chi connectivity index (χ4v) is 13.7. The average molecular weight is 793 g/mol. The lowest BCUT2D eigenvalue weighted by atomic mass is 9.33. The Hall–Kier alpha value is -1.68. The van der Waals surface area contributed by atoms with E-state index in [0.717, 1.165) is 64.9 Å². The molecule has 13 heteroatoms. The molecule has 0 bridgehead atoms. The molecular weight excluding hydrogens is 724 g/mol. The Morgan fingerprint density at radius 3 is 2.12 bits per heavy atom. The molecule has 1 unspecified atom stereocenters. The van der Waals surface area contributed by atoms with Crippen molar-refractivity contribution in [2.24, 2.45) is 50.2 Å².